The zero-order valence-corrected chi connectivity index (χ0v) is 6.91. The van der Waals surface area contributed by atoms with Crippen LogP contribution in [-0.4, -0.2) is 4.98 Å². The third-order valence-corrected chi connectivity index (χ3v) is 1.29. The molecule has 0 aliphatic rings. The number of aromatic nitrogens is 1. The topological polar surface area (TPSA) is 12.9 Å². The minimum Gasteiger partial charge on any atom is -0.260 e. The number of nitrogens with zero attached hydrogens (tertiary/aromatic N) is 1. The van der Waals surface area contributed by atoms with Crippen molar-refractivity contribution in [2.75, 3.05) is 0 Å². The van der Waals surface area contributed by atoms with Crippen LogP contribution in [-0.2, 0) is 5.41 Å². The van der Waals surface area contributed by atoms with E-state index in [1.54, 1.807) is 0 Å². The van der Waals surface area contributed by atoms with Crippen LogP contribution in [0.4, 0.5) is 0 Å². The molecule has 60 valence electrons. The number of rotatable bonds is 0. The summed E-state index contributed by atoms with van der Waals surface area (Å²) in [5.41, 5.74) is -4.62. The summed E-state index contributed by atoms with van der Waals surface area (Å²) in [7, 11) is 0. The van der Waals surface area contributed by atoms with E-state index in [0.717, 1.165) is 0 Å². The second-order valence-corrected chi connectivity index (χ2v) is 2.68. The van der Waals surface area contributed by atoms with E-state index in [2.05, 4.69) is 20.9 Å². The average Bonchev–Trinajstić information content (AvgIpc) is 2.28. The molecule has 0 fully saturated rings. The van der Waals surface area contributed by atoms with Gasteiger partial charge in [0.1, 0.15) is 0 Å². The first-order chi connectivity index (χ1) is 10.00. The highest BCUT2D eigenvalue weighted by Crippen LogP contribution is 2.20. The van der Waals surface area contributed by atoms with E-state index in [1.165, 1.54) is 0 Å². The maximum Gasteiger partial charge on any atom is 0.0852 e. The fourth-order valence-corrected chi connectivity index (χ4v) is 0.640. The van der Waals surface area contributed by atoms with Gasteiger partial charge in [0.2, 0.25) is 0 Å². The number of pyridine rings is 1. The van der Waals surface area contributed by atoms with E-state index >= 15 is 0 Å². The zero-order chi connectivity index (χ0) is 18.6. The monoisotopic (exact) mass is 225 g/mol. The van der Waals surface area contributed by atoms with Crippen molar-refractivity contribution in [2.24, 2.45) is 0 Å². The van der Waals surface area contributed by atoms with Gasteiger partial charge in [-0.3, -0.25) is 4.98 Å². The second kappa shape index (κ2) is 2.94. The molecule has 0 amide bonds. The molecule has 0 saturated heterocycles. The fourth-order valence-electron chi connectivity index (χ4n) is 0.453. The van der Waals surface area contributed by atoms with Crippen LogP contribution in [0.1, 0.15) is 42.7 Å². The van der Waals surface area contributed by atoms with Gasteiger partial charge in [-0.2, -0.15) is 0 Å². The lowest BCUT2D eigenvalue weighted by molar-refractivity contribution is 0.568. The number of halogens is 1. The van der Waals surface area contributed by atoms with Crippen LogP contribution in [0.5, 0.6) is 0 Å². The summed E-state index contributed by atoms with van der Waals surface area (Å²) in [4.78, 5) is 3.44. The Labute approximate surface area is 92.8 Å². The first-order valence-corrected chi connectivity index (χ1v) is 3.43. The van der Waals surface area contributed by atoms with Gasteiger partial charge in [0.15, 0.2) is 0 Å². The molecule has 1 heterocycles. The number of hydrogen-bond acceptors (Lipinski definition) is 1. The van der Waals surface area contributed by atoms with Gasteiger partial charge in [-0.05, 0) is 28.0 Å². The highest BCUT2D eigenvalue weighted by atomic mass is 79.9. The van der Waals surface area contributed by atoms with Crippen LogP contribution in [0.15, 0.2) is 22.7 Å². The number of hydrogen-bond donors (Lipinski definition) is 0. The minimum atomic E-state index is -3.58. The van der Waals surface area contributed by atoms with Crippen molar-refractivity contribution >= 4 is 15.9 Å². The lowest BCUT2D eigenvalue weighted by atomic mass is 9.92. The molecular formula is C9H12BrN. The third kappa shape index (κ3) is 2.29. The molecule has 1 aromatic rings. The van der Waals surface area contributed by atoms with Crippen LogP contribution in [0.3, 0.4) is 0 Å². The predicted octanol–water partition coefficient (Wildman–Crippen LogP) is 3.14. The van der Waals surface area contributed by atoms with Gasteiger partial charge in [-0.25, -0.2) is 0 Å². The van der Waals surface area contributed by atoms with E-state index in [1.807, 2.05) is 0 Å². The van der Waals surface area contributed by atoms with E-state index in [4.69, 9.17) is 16.4 Å². The van der Waals surface area contributed by atoms with E-state index in [0.29, 0.717) is 0 Å². The van der Waals surface area contributed by atoms with Crippen LogP contribution in [0.2, 0.25) is 0 Å². The third-order valence-electron chi connectivity index (χ3n) is 0.912. The molecule has 0 bridgehead atoms. The molecule has 1 aromatic heterocycles. The molecule has 0 atom stereocenters. The molecule has 1 nitrogen and oxygen atoms in total. The highest BCUT2D eigenvalue weighted by molar-refractivity contribution is 9.10. The minimum absolute atomic E-state index is 0.262. The zero-order valence-electron chi connectivity index (χ0n) is 17.3. The lowest BCUT2D eigenvalue weighted by Gasteiger charge is -2.16. The second-order valence-electron chi connectivity index (χ2n) is 1.89. The first kappa shape index (κ1) is 1.92. The van der Waals surface area contributed by atoms with Crippen molar-refractivity contribution in [1.82, 2.24) is 4.98 Å². The Bertz CT molecular complexity index is 577. The van der Waals surface area contributed by atoms with Gasteiger partial charge in [0.25, 0.3) is 0 Å². The summed E-state index contributed by atoms with van der Waals surface area (Å²) in [6, 6.07) is -1.67. The van der Waals surface area contributed by atoms with Crippen LogP contribution < -0.4 is 0 Å². The van der Waals surface area contributed by atoms with Gasteiger partial charge in [0, 0.05) is 34.1 Å². The summed E-state index contributed by atoms with van der Waals surface area (Å²) in [6.45, 7) is -10.8. The van der Waals surface area contributed by atoms with Crippen molar-refractivity contribution in [3.05, 3.63) is 28.4 Å². The molecule has 0 radical (unpaired) electrons. The Morgan fingerprint density at radius 1 is 1.55 bits per heavy atom. The summed E-state index contributed by atoms with van der Waals surface area (Å²) in [5, 5.41) is 0. The molecule has 0 aliphatic heterocycles. The summed E-state index contributed by atoms with van der Waals surface area (Å²) in [6.07, 6.45) is -0.719. The predicted molar refractivity (Wildman–Crippen MR) is 50.6 cm³/mol. The normalized spacial score (nSPS) is 31.0. The van der Waals surface area contributed by atoms with Crippen molar-refractivity contribution < 1.29 is 16.4 Å². The molecule has 0 unspecified atom stereocenters. The van der Waals surface area contributed by atoms with Crippen LogP contribution in [0.25, 0.3) is 0 Å². The Balaban J connectivity index is 4.11. The Morgan fingerprint density at radius 2 is 2.27 bits per heavy atom. The first-order valence-electron chi connectivity index (χ1n) is 8.64. The molecule has 0 spiro atoms. The maximum atomic E-state index is 7.82. The van der Waals surface area contributed by atoms with E-state index in [9.17, 15) is 0 Å². The van der Waals surface area contributed by atoms with Crippen molar-refractivity contribution in [1.29, 1.82) is 0 Å². The standard InChI is InChI=1S/C9H12BrN/c1-9(2,3)8-5-4-7(10)6-11-8/h4-6H,1-3H3/i1D3,2D3,3D3,4D,5D,6D. The van der Waals surface area contributed by atoms with E-state index in [-0.39, 0.29) is 4.47 Å². The van der Waals surface area contributed by atoms with Gasteiger partial charge in [0.05, 0.1) is 4.11 Å². The smallest absolute Gasteiger partial charge is 0.0852 e. The Kier molecular flexibility index (Phi) is 0.514. The summed E-state index contributed by atoms with van der Waals surface area (Å²) in [5.74, 6) is 0. The Hall–Kier alpha value is -0.370. The summed E-state index contributed by atoms with van der Waals surface area (Å²) < 4.78 is 90.6. The largest absolute Gasteiger partial charge is 0.260 e. The van der Waals surface area contributed by atoms with Crippen LogP contribution >= 0.6 is 15.9 Å². The lowest BCUT2D eigenvalue weighted by Crippen LogP contribution is -2.12. The maximum absolute atomic E-state index is 7.82. The molecule has 0 aliphatic carbocycles. The van der Waals surface area contributed by atoms with Crippen molar-refractivity contribution in [2.45, 2.75) is 26.0 Å². The SMILES string of the molecule is [2H]c1nc(C(C([2H])([2H])[2H])(C([2H])([2H])[2H])C([2H])([2H])[2H])c([2H])c([2H])c1Br. The van der Waals surface area contributed by atoms with Crippen molar-refractivity contribution in [3.8, 4) is 0 Å². The molecule has 0 saturated carbocycles. The van der Waals surface area contributed by atoms with Gasteiger partial charge >= 0.3 is 0 Å². The fraction of sp³-hybridized carbons (Fsp3) is 0.444. The van der Waals surface area contributed by atoms with Gasteiger partial charge in [-0.1, -0.05) is 20.6 Å². The van der Waals surface area contributed by atoms with Gasteiger partial charge < -0.3 is 0 Å². The molecule has 0 aromatic carbocycles. The highest BCUT2D eigenvalue weighted by Gasteiger charge is 2.13. The molecule has 1 rings (SSSR count). The van der Waals surface area contributed by atoms with Gasteiger partial charge in [-0.15, -0.1) is 0 Å². The van der Waals surface area contributed by atoms with Crippen molar-refractivity contribution in [3.63, 3.8) is 0 Å². The molecule has 0 N–H and O–H groups in total. The summed E-state index contributed by atoms with van der Waals surface area (Å²) >= 11 is 2.80. The van der Waals surface area contributed by atoms with Crippen LogP contribution in [0, 0.1) is 0 Å². The Morgan fingerprint density at radius 3 is 2.91 bits per heavy atom. The average molecular weight is 226 g/mol. The molecule has 11 heavy (non-hydrogen) atoms. The quantitative estimate of drug-likeness (QED) is 0.662. The molecular weight excluding hydrogens is 202 g/mol. The van der Waals surface area contributed by atoms with E-state index < -0.39 is 49.9 Å². The molecule has 2 heteroatoms.